The molecular formula is C14H20IN5O2S2. The first kappa shape index (κ1) is 20.8. The van der Waals surface area contributed by atoms with Crippen molar-refractivity contribution in [1.29, 1.82) is 0 Å². The molecule has 0 atom stereocenters. The van der Waals surface area contributed by atoms with Gasteiger partial charge in [-0.1, -0.05) is 12.1 Å². The summed E-state index contributed by atoms with van der Waals surface area (Å²) in [6, 6.07) is 6.49. The number of hydrogen-bond acceptors (Lipinski definition) is 5. The quantitative estimate of drug-likeness (QED) is 0.342. The van der Waals surface area contributed by atoms with Gasteiger partial charge in [0.25, 0.3) is 0 Å². The monoisotopic (exact) mass is 481 g/mol. The molecule has 0 saturated carbocycles. The van der Waals surface area contributed by atoms with Crippen molar-refractivity contribution in [3.8, 4) is 0 Å². The van der Waals surface area contributed by atoms with Crippen LogP contribution in [-0.2, 0) is 23.1 Å². The van der Waals surface area contributed by atoms with Gasteiger partial charge in [0.2, 0.25) is 10.0 Å². The molecule has 0 spiro atoms. The third kappa shape index (κ3) is 6.34. The van der Waals surface area contributed by atoms with E-state index in [9.17, 15) is 8.42 Å². The van der Waals surface area contributed by atoms with Crippen LogP contribution in [0, 0.1) is 6.92 Å². The Bertz CT molecular complexity index is 805. The van der Waals surface area contributed by atoms with Crippen LogP contribution in [0.25, 0.3) is 0 Å². The molecule has 1 aromatic carbocycles. The number of nitrogens with zero attached hydrogens (tertiary/aromatic N) is 2. The molecular weight excluding hydrogens is 461 g/mol. The number of aromatic nitrogens is 1. The van der Waals surface area contributed by atoms with Gasteiger partial charge in [-0.05, 0) is 24.6 Å². The van der Waals surface area contributed by atoms with E-state index in [0.29, 0.717) is 19.0 Å². The predicted molar refractivity (Wildman–Crippen MR) is 107 cm³/mol. The second kappa shape index (κ2) is 9.30. The Balaban J connectivity index is 0.00000288. The van der Waals surface area contributed by atoms with Crippen LogP contribution in [0.1, 0.15) is 15.4 Å². The van der Waals surface area contributed by atoms with E-state index in [-0.39, 0.29) is 28.9 Å². The van der Waals surface area contributed by atoms with Crippen molar-refractivity contribution in [2.45, 2.75) is 24.9 Å². The van der Waals surface area contributed by atoms with Crippen LogP contribution in [0.5, 0.6) is 0 Å². The third-order valence-electron chi connectivity index (χ3n) is 2.99. The van der Waals surface area contributed by atoms with E-state index in [0.717, 1.165) is 15.4 Å². The minimum absolute atomic E-state index is 0. The fourth-order valence-corrected chi connectivity index (χ4v) is 3.19. The Morgan fingerprint density at radius 2 is 2.04 bits per heavy atom. The number of halogens is 1. The fraction of sp³-hybridized carbons (Fsp3) is 0.286. The number of primary sulfonamides is 1. The molecule has 0 amide bonds. The van der Waals surface area contributed by atoms with Crippen molar-refractivity contribution < 1.29 is 8.42 Å². The molecule has 24 heavy (non-hydrogen) atoms. The van der Waals surface area contributed by atoms with E-state index in [1.54, 1.807) is 30.5 Å². The van der Waals surface area contributed by atoms with Gasteiger partial charge in [-0.15, -0.1) is 35.3 Å². The van der Waals surface area contributed by atoms with Crippen molar-refractivity contribution in [3.05, 3.63) is 45.9 Å². The third-order valence-corrected chi connectivity index (χ3v) is 4.81. The average molecular weight is 481 g/mol. The first-order valence-corrected chi connectivity index (χ1v) is 9.22. The summed E-state index contributed by atoms with van der Waals surface area (Å²) in [5, 5.41) is 12.4. The molecule has 0 aliphatic rings. The van der Waals surface area contributed by atoms with E-state index >= 15 is 0 Å². The molecule has 0 aliphatic heterocycles. The molecule has 132 valence electrons. The standard InChI is InChI=1S/C14H19N5O2S2.HI/c1-10-7-17-13(22-10)9-19-14(16-2)18-8-11-4-3-5-12(6-11)23(15,20)21;/h3-7H,8-9H2,1-2H3,(H2,15,20,21)(H2,16,18,19);1H. The topological polar surface area (TPSA) is 109 Å². The van der Waals surface area contributed by atoms with Crippen LogP contribution in [0.15, 0.2) is 40.4 Å². The summed E-state index contributed by atoms with van der Waals surface area (Å²) in [6.45, 7) is 3.02. The number of nitrogens with one attached hydrogen (secondary N) is 2. The maximum Gasteiger partial charge on any atom is 0.238 e. The summed E-state index contributed by atoms with van der Waals surface area (Å²) in [5.41, 5.74) is 0.796. The summed E-state index contributed by atoms with van der Waals surface area (Å²) in [7, 11) is -2.02. The summed E-state index contributed by atoms with van der Waals surface area (Å²) in [5.74, 6) is 0.610. The molecule has 2 aromatic rings. The highest BCUT2D eigenvalue weighted by molar-refractivity contribution is 14.0. The summed E-state index contributed by atoms with van der Waals surface area (Å²) < 4.78 is 22.7. The van der Waals surface area contributed by atoms with Crippen molar-refractivity contribution in [1.82, 2.24) is 15.6 Å². The number of benzene rings is 1. The van der Waals surface area contributed by atoms with Crippen LogP contribution in [0.2, 0.25) is 0 Å². The summed E-state index contributed by atoms with van der Waals surface area (Å²) in [6.07, 6.45) is 1.83. The molecule has 0 aliphatic carbocycles. The molecule has 0 radical (unpaired) electrons. The summed E-state index contributed by atoms with van der Waals surface area (Å²) >= 11 is 1.62. The van der Waals surface area contributed by atoms with Gasteiger partial charge in [0.1, 0.15) is 5.01 Å². The first-order chi connectivity index (χ1) is 10.9. The van der Waals surface area contributed by atoms with E-state index in [1.807, 2.05) is 19.2 Å². The van der Waals surface area contributed by atoms with E-state index in [1.165, 1.54) is 6.07 Å². The smallest absolute Gasteiger partial charge is 0.238 e. The number of thiazole rings is 1. The van der Waals surface area contributed by atoms with Crippen molar-refractivity contribution in [3.63, 3.8) is 0 Å². The molecule has 0 saturated heterocycles. The average Bonchev–Trinajstić information content (AvgIpc) is 2.92. The van der Waals surface area contributed by atoms with Gasteiger partial charge in [0.15, 0.2) is 5.96 Å². The molecule has 1 aromatic heterocycles. The lowest BCUT2D eigenvalue weighted by molar-refractivity contribution is 0.597. The van der Waals surface area contributed by atoms with Gasteiger partial charge in [0.05, 0.1) is 11.4 Å². The molecule has 1 heterocycles. The molecule has 7 nitrogen and oxygen atoms in total. The van der Waals surface area contributed by atoms with Crippen LogP contribution in [0.3, 0.4) is 0 Å². The van der Waals surface area contributed by atoms with Gasteiger partial charge < -0.3 is 10.6 Å². The van der Waals surface area contributed by atoms with Crippen molar-refractivity contribution in [2.75, 3.05) is 7.05 Å². The van der Waals surface area contributed by atoms with Crippen molar-refractivity contribution in [2.24, 2.45) is 10.1 Å². The molecule has 10 heteroatoms. The maximum absolute atomic E-state index is 11.4. The Hall–Kier alpha value is -1.24. The van der Waals surface area contributed by atoms with E-state index in [2.05, 4.69) is 20.6 Å². The number of nitrogens with two attached hydrogens (primary N) is 1. The molecule has 0 bridgehead atoms. The second-order valence-electron chi connectivity index (χ2n) is 4.84. The molecule has 2 rings (SSSR count). The highest BCUT2D eigenvalue weighted by Crippen LogP contribution is 2.11. The SMILES string of the molecule is CN=C(NCc1cccc(S(N)(=O)=O)c1)NCc1ncc(C)s1.I. The van der Waals surface area contributed by atoms with Crippen molar-refractivity contribution >= 4 is 51.3 Å². The van der Waals surface area contributed by atoms with E-state index in [4.69, 9.17) is 5.14 Å². The fourth-order valence-electron chi connectivity index (χ4n) is 1.88. The maximum atomic E-state index is 11.4. The Morgan fingerprint density at radius 3 is 2.62 bits per heavy atom. The van der Waals surface area contributed by atoms with Crippen LogP contribution < -0.4 is 15.8 Å². The summed E-state index contributed by atoms with van der Waals surface area (Å²) in [4.78, 5) is 9.65. The Kier molecular flexibility index (Phi) is 8.06. The zero-order valence-corrected chi connectivity index (χ0v) is 17.3. The van der Waals surface area contributed by atoms with Crippen LogP contribution in [0.4, 0.5) is 0 Å². The first-order valence-electron chi connectivity index (χ1n) is 6.86. The zero-order valence-electron chi connectivity index (χ0n) is 13.3. The van der Waals surface area contributed by atoms with Gasteiger partial charge in [-0.2, -0.15) is 0 Å². The Labute approximate surface area is 162 Å². The van der Waals surface area contributed by atoms with Gasteiger partial charge in [0, 0.05) is 24.7 Å². The molecule has 4 N–H and O–H groups in total. The normalized spacial score (nSPS) is 11.7. The van der Waals surface area contributed by atoms with E-state index < -0.39 is 10.0 Å². The number of hydrogen-bond donors (Lipinski definition) is 3. The predicted octanol–water partition coefficient (Wildman–Crippen LogP) is 1.58. The number of guanidine groups is 1. The molecule has 0 unspecified atom stereocenters. The van der Waals surface area contributed by atoms with Gasteiger partial charge in [-0.3, -0.25) is 4.99 Å². The lowest BCUT2D eigenvalue weighted by Gasteiger charge is -2.11. The van der Waals surface area contributed by atoms with Gasteiger partial charge in [-0.25, -0.2) is 18.5 Å². The van der Waals surface area contributed by atoms with Crippen LogP contribution >= 0.6 is 35.3 Å². The minimum atomic E-state index is -3.69. The zero-order chi connectivity index (χ0) is 16.9. The number of rotatable bonds is 5. The number of sulfonamides is 1. The second-order valence-corrected chi connectivity index (χ2v) is 7.72. The highest BCUT2D eigenvalue weighted by Gasteiger charge is 2.08. The highest BCUT2D eigenvalue weighted by atomic mass is 127. The van der Waals surface area contributed by atoms with Crippen LogP contribution in [-0.4, -0.2) is 26.4 Å². The lowest BCUT2D eigenvalue weighted by Crippen LogP contribution is -2.36. The molecule has 0 fully saturated rings. The lowest BCUT2D eigenvalue weighted by atomic mass is 10.2. The largest absolute Gasteiger partial charge is 0.352 e. The number of aliphatic imine (C=N–C) groups is 1. The van der Waals surface area contributed by atoms with Gasteiger partial charge >= 0.3 is 0 Å². The Morgan fingerprint density at radius 1 is 1.33 bits per heavy atom. The minimum Gasteiger partial charge on any atom is -0.352 e. The number of aryl methyl sites for hydroxylation is 1.